The molecule has 0 unspecified atom stereocenters. The maximum absolute atomic E-state index is 11.9. The molecule has 0 aliphatic rings. The summed E-state index contributed by atoms with van der Waals surface area (Å²) in [4.78, 5) is 11.9. The number of nitrogens with one attached hydrogen (secondary N) is 1. The van der Waals surface area contributed by atoms with Crippen molar-refractivity contribution in [3.05, 3.63) is 59.2 Å². The summed E-state index contributed by atoms with van der Waals surface area (Å²) in [6.07, 6.45) is 2.48. The van der Waals surface area contributed by atoms with Crippen LogP contribution in [0.25, 0.3) is 0 Å². The molecule has 0 aromatic heterocycles. The lowest BCUT2D eigenvalue weighted by atomic mass is 9.72. The fourth-order valence-corrected chi connectivity index (χ4v) is 3.56. The quantitative estimate of drug-likeness (QED) is 0.514. The number of hydrogen-bond donors (Lipinski definition) is 2. The monoisotopic (exact) mass is 396 g/mol. The molecule has 0 saturated heterocycles. The van der Waals surface area contributed by atoms with Gasteiger partial charge in [0.1, 0.15) is 11.5 Å². The second-order valence-electron chi connectivity index (χ2n) is 9.29. The van der Waals surface area contributed by atoms with Gasteiger partial charge in [-0.15, -0.1) is 0 Å². The van der Waals surface area contributed by atoms with E-state index in [-0.39, 0.29) is 29.1 Å². The van der Waals surface area contributed by atoms with E-state index in [2.05, 4.69) is 57.3 Å². The zero-order valence-corrected chi connectivity index (χ0v) is 18.2. The molecule has 0 saturated carbocycles. The van der Waals surface area contributed by atoms with Gasteiger partial charge in [-0.05, 0) is 54.0 Å². The van der Waals surface area contributed by atoms with Crippen LogP contribution in [0.5, 0.6) is 11.5 Å². The molecule has 0 atom stereocenters. The molecular formula is C24H32N2O3. The van der Waals surface area contributed by atoms with Crippen molar-refractivity contribution >= 4 is 12.1 Å². The Morgan fingerprint density at radius 2 is 1.76 bits per heavy atom. The number of ether oxygens (including phenoxy) is 1. The molecule has 5 nitrogen and oxygen atoms in total. The molecule has 5 heteroatoms. The Bertz CT molecular complexity index is 863. The summed E-state index contributed by atoms with van der Waals surface area (Å²) in [6.45, 7) is 13.0. The third-order valence-corrected chi connectivity index (χ3v) is 4.55. The summed E-state index contributed by atoms with van der Waals surface area (Å²) in [6, 6.07) is 13.1. The third-order valence-electron chi connectivity index (χ3n) is 4.55. The van der Waals surface area contributed by atoms with Crippen LogP contribution in [0, 0.1) is 12.3 Å². The molecule has 2 aromatic rings. The van der Waals surface area contributed by atoms with E-state index in [9.17, 15) is 9.90 Å². The SMILES string of the molecule is Cc1ccc(O)c(/C=N/NC(=O)COc2ccc(C(C)(C)CC(C)(C)C)cc2)c1. The number of benzene rings is 2. The Labute approximate surface area is 173 Å². The molecule has 2 aromatic carbocycles. The van der Waals surface area contributed by atoms with E-state index in [1.165, 1.54) is 11.8 Å². The number of nitrogens with zero attached hydrogens (tertiary/aromatic N) is 1. The van der Waals surface area contributed by atoms with E-state index >= 15 is 0 Å². The van der Waals surface area contributed by atoms with E-state index in [1.54, 1.807) is 18.2 Å². The number of phenolic OH excluding ortho intramolecular Hbond substituents is 1. The molecule has 2 N–H and O–H groups in total. The number of amides is 1. The van der Waals surface area contributed by atoms with Crippen LogP contribution in [0.1, 0.15) is 57.7 Å². The summed E-state index contributed by atoms with van der Waals surface area (Å²) >= 11 is 0. The molecule has 0 aliphatic carbocycles. The normalized spacial score (nSPS) is 12.2. The van der Waals surface area contributed by atoms with Crippen molar-refractivity contribution in [1.29, 1.82) is 0 Å². The number of carbonyl (C=O) groups excluding carboxylic acids is 1. The van der Waals surface area contributed by atoms with E-state index in [0.717, 1.165) is 12.0 Å². The summed E-state index contributed by atoms with van der Waals surface area (Å²) in [5.74, 6) is 0.376. The zero-order chi connectivity index (χ0) is 21.7. The topological polar surface area (TPSA) is 70.9 Å². The number of hydrogen-bond acceptors (Lipinski definition) is 4. The highest BCUT2D eigenvalue weighted by molar-refractivity contribution is 5.85. The third kappa shape index (κ3) is 7.26. The number of phenols is 1. The lowest BCUT2D eigenvalue weighted by Crippen LogP contribution is -2.25. The van der Waals surface area contributed by atoms with Crippen molar-refractivity contribution in [3.63, 3.8) is 0 Å². The predicted molar refractivity (Wildman–Crippen MR) is 118 cm³/mol. The molecule has 0 heterocycles. The van der Waals surface area contributed by atoms with E-state index in [1.807, 2.05) is 19.1 Å². The largest absolute Gasteiger partial charge is 0.507 e. The van der Waals surface area contributed by atoms with Gasteiger partial charge in [0.05, 0.1) is 6.21 Å². The van der Waals surface area contributed by atoms with Crippen LogP contribution in [0.15, 0.2) is 47.6 Å². The summed E-state index contributed by atoms with van der Waals surface area (Å²) in [5, 5.41) is 13.6. The second kappa shape index (κ2) is 9.12. The van der Waals surface area contributed by atoms with Crippen LogP contribution in [-0.4, -0.2) is 23.8 Å². The van der Waals surface area contributed by atoms with Crippen LogP contribution in [0.3, 0.4) is 0 Å². The van der Waals surface area contributed by atoms with Crippen molar-refractivity contribution in [2.45, 2.75) is 53.4 Å². The number of aromatic hydroxyl groups is 1. The molecule has 2 rings (SSSR count). The maximum Gasteiger partial charge on any atom is 0.277 e. The van der Waals surface area contributed by atoms with Crippen LogP contribution in [0.4, 0.5) is 0 Å². The number of rotatable bonds is 7. The maximum atomic E-state index is 11.9. The van der Waals surface area contributed by atoms with Crippen LogP contribution in [0.2, 0.25) is 0 Å². The second-order valence-corrected chi connectivity index (χ2v) is 9.29. The number of hydrazone groups is 1. The van der Waals surface area contributed by atoms with Gasteiger partial charge in [-0.3, -0.25) is 4.79 Å². The fraction of sp³-hybridized carbons (Fsp3) is 0.417. The highest BCUT2D eigenvalue weighted by Crippen LogP contribution is 2.36. The predicted octanol–water partition coefficient (Wildman–Crippen LogP) is 4.94. The van der Waals surface area contributed by atoms with Gasteiger partial charge in [-0.25, -0.2) is 5.43 Å². The summed E-state index contributed by atoms with van der Waals surface area (Å²) in [5.41, 5.74) is 5.48. The van der Waals surface area contributed by atoms with Gasteiger partial charge in [-0.2, -0.15) is 5.10 Å². The highest BCUT2D eigenvalue weighted by atomic mass is 16.5. The van der Waals surface area contributed by atoms with Crippen molar-refractivity contribution in [1.82, 2.24) is 5.43 Å². The molecule has 1 amide bonds. The minimum absolute atomic E-state index is 0.0597. The molecule has 156 valence electrons. The molecular weight excluding hydrogens is 364 g/mol. The lowest BCUT2D eigenvalue weighted by molar-refractivity contribution is -0.123. The lowest BCUT2D eigenvalue weighted by Gasteiger charge is -2.33. The summed E-state index contributed by atoms with van der Waals surface area (Å²) in [7, 11) is 0. The van der Waals surface area contributed by atoms with Gasteiger partial charge in [0, 0.05) is 5.56 Å². The van der Waals surface area contributed by atoms with Gasteiger partial charge in [0.25, 0.3) is 5.91 Å². The molecule has 0 spiro atoms. The van der Waals surface area contributed by atoms with E-state index in [0.29, 0.717) is 11.3 Å². The van der Waals surface area contributed by atoms with Crippen molar-refractivity contribution in [2.75, 3.05) is 6.61 Å². The Morgan fingerprint density at radius 3 is 2.38 bits per heavy atom. The standard InChI is InChI=1S/C24H32N2O3/c1-17-7-12-21(27)18(13-17)14-25-26-22(28)15-29-20-10-8-19(9-11-20)24(5,6)16-23(2,3)4/h7-14,27H,15-16H2,1-6H3,(H,26,28)/b25-14+. The minimum Gasteiger partial charge on any atom is -0.507 e. The average Bonchev–Trinajstić information content (AvgIpc) is 2.61. The van der Waals surface area contributed by atoms with Crippen molar-refractivity contribution < 1.29 is 14.6 Å². The molecule has 0 aliphatic heterocycles. The van der Waals surface area contributed by atoms with Crippen LogP contribution in [-0.2, 0) is 10.2 Å². The van der Waals surface area contributed by atoms with Crippen molar-refractivity contribution in [2.24, 2.45) is 10.5 Å². The van der Waals surface area contributed by atoms with Crippen LogP contribution < -0.4 is 10.2 Å². The first-order valence-electron chi connectivity index (χ1n) is 9.81. The zero-order valence-electron chi connectivity index (χ0n) is 18.2. The first-order valence-corrected chi connectivity index (χ1v) is 9.81. The van der Waals surface area contributed by atoms with Gasteiger partial charge >= 0.3 is 0 Å². The van der Waals surface area contributed by atoms with Gasteiger partial charge in [0.15, 0.2) is 6.61 Å². The van der Waals surface area contributed by atoms with Crippen molar-refractivity contribution in [3.8, 4) is 11.5 Å². The van der Waals surface area contributed by atoms with Gasteiger partial charge in [0.2, 0.25) is 0 Å². The van der Waals surface area contributed by atoms with Gasteiger partial charge < -0.3 is 9.84 Å². The molecule has 29 heavy (non-hydrogen) atoms. The average molecular weight is 397 g/mol. The Morgan fingerprint density at radius 1 is 1.10 bits per heavy atom. The first kappa shape index (κ1) is 22.5. The molecule has 0 radical (unpaired) electrons. The smallest absolute Gasteiger partial charge is 0.277 e. The Balaban J connectivity index is 1.87. The molecule has 0 fully saturated rings. The van der Waals surface area contributed by atoms with Crippen LogP contribution >= 0.6 is 0 Å². The first-order chi connectivity index (χ1) is 13.5. The molecule has 0 bridgehead atoms. The summed E-state index contributed by atoms with van der Waals surface area (Å²) < 4.78 is 5.55. The van der Waals surface area contributed by atoms with E-state index < -0.39 is 0 Å². The van der Waals surface area contributed by atoms with E-state index in [4.69, 9.17) is 4.74 Å². The highest BCUT2D eigenvalue weighted by Gasteiger charge is 2.27. The Kier molecular flexibility index (Phi) is 7.07. The number of aryl methyl sites for hydroxylation is 1. The minimum atomic E-state index is -0.370. The Hall–Kier alpha value is -2.82. The number of carbonyl (C=O) groups is 1. The van der Waals surface area contributed by atoms with Gasteiger partial charge in [-0.1, -0.05) is 58.4 Å². The fourth-order valence-electron chi connectivity index (χ4n) is 3.56.